The Kier molecular flexibility index (Phi) is 6.77. The van der Waals surface area contributed by atoms with Crippen molar-refractivity contribution < 1.29 is 9.59 Å². The molecule has 160 valence electrons. The molecule has 1 atom stereocenters. The lowest BCUT2D eigenvalue weighted by molar-refractivity contribution is -0.130. The molecule has 29 heavy (non-hydrogen) atoms. The molecule has 3 amide bonds. The summed E-state index contributed by atoms with van der Waals surface area (Å²) >= 11 is 1.81. The zero-order chi connectivity index (χ0) is 21.0. The van der Waals surface area contributed by atoms with Gasteiger partial charge in [-0.3, -0.25) is 14.7 Å². The van der Waals surface area contributed by atoms with Crippen molar-refractivity contribution in [2.45, 2.75) is 64.5 Å². The van der Waals surface area contributed by atoms with Gasteiger partial charge in [0.15, 0.2) is 5.96 Å². The maximum absolute atomic E-state index is 12.4. The molecule has 1 aliphatic carbocycles. The van der Waals surface area contributed by atoms with Gasteiger partial charge in [0.2, 0.25) is 0 Å². The Morgan fingerprint density at radius 1 is 1.38 bits per heavy atom. The number of aliphatic imine (C=N–C) groups is 1. The van der Waals surface area contributed by atoms with E-state index < -0.39 is 5.54 Å². The number of aryl methyl sites for hydroxylation is 2. The van der Waals surface area contributed by atoms with Crippen LogP contribution in [0.2, 0.25) is 0 Å². The van der Waals surface area contributed by atoms with E-state index in [1.54, 1.807) is 14.0 Å². The standard InChI is InChI=1S/C20H32N6O2S/c1-5-20(2)17(27)26(19(28)24-20)12-8-11-22-18(21-3)25(4)13-16-23-14-9-6-7-10-15(14)29-16/h5-13H2,1-4H3,(H,21,22)(H,24,28). The maximum atomic E-state index is 12.4. The van der Waals surface area contributed by atoms with Crippen molar-refractivity contribution in [1.82, 2.24) is 25.4 Å². The van der Waals surface area contributed by atoms with Crippen LogP contribution in [0.15, 0.2) is 4.99 Å². The van der Waals surface area contributed by atoms with Gasteiger partial charge >= 0.3 is 6.03 Å². The van der Waals surface area contributed by atoms with Crippen LogP contribution in [0.3, 0.4) is 0 Å². The van der Waals surface area contributed by atoms with E-state index in [2.05, 4.69) is 20.5 Å². The minimum Gasteiger partial charge on any atom is -0.356 e. The summed E-state index contributed by atoms with van der Waals surface area (Å²) in [5, 5.41) is 7.23. The van der Waals surface area contributed by atoms with Gasteiger partial charge in [0.1, 0.15) is 10.5 Å². The minimum absolute atomic E-state index is 0.140. The third kappa shape index (κ3) is 4.71. The topological polar surface area (TPSA) is 89.9 Å². The lowest BCUT2D eigenvalue weighted by atomic mass is 9.99. The number of nitrogens with zero attached hydrogens (tertiary/aromatic N) is 4. The molecule has 1 aromatic rings. The Morgan fingerprint density at radius 2 is 2.14 bits per heavy atom. The zero-order valence-electron chi connectivity index (χ0n) is 17.9. The molecule has 2 heterocycles. The van der Waals surface area contributed by atoms with Gasteiger partial charge in [-0.05, 0) is 45.4 Å². The van der Waals surface area contributed by atoms with Crippen LogP contribution in [-0.4, -0.2) is 65.4 Å². The quantitative estimate of drug-likeness (QED) is 0.305. The summed E-state index contributed by atoms with van der Waals surface area (Å²) < 4.78 is 0. The summed E-state index contributed by atoms with van der Waals surface area (Å²) in [5.41, 5.74) is 0.508. The number of fused-ring (bicyclic) bond motifs is 1. The molecule has 0 saturated carbocycles. The third-order valence-corrected chi connectivity index (χ3v) is 6.87. The van der Waals surface area contributed by atoms with Crippen LogP contribution in [0.25, 0.3) is 0 Å². The minimum atomic E-state index is -0.770. The van der Waals surface area contributed by atoms with Gasteiger partial charge in [0.05, 0.1) is 12.2 Å². The number of amides is 3. The van der Waals surface area contributed by atoms with E-state index in [-0.39, 0.29) is 11.9 Å². The van der Waals surface area contributed by atoms with Gasteiger partial charge in [-0.25, -0.2) is 9.78 Å². The van der Waals surface area contributed by atoms with Crippen LogP contribution < -0.4 is 10.6 Å². The summed E-state index contributed by atoms with van der Waals surface area (Å²) in [6, 6.07) is -0.298. The Labute approximate surface area is 176 Å². The van der Waals surface area contributed by atoms with E-state index in [9.17, 15) is 9.59 Å². The molecule has 9 heteroatoms. The fraction of sp³-hybridized carbons (Fsp3) is 0.700. The smallest absolute Gasteiger partial charge is 0.325 e. The second-order valence-corrected chi connectivity index (χ2v) is 9.11. The molecule has 1 saturated heterocycles. The number of hydrogen-bond donors (Lipinski definition) is 2. The van der Waals surface area contributed by atoms with Crippen LogP contribution in [0.5, 0.6) is 0 Å². The number of nitrogens with one attached hydrogen (secondary N) is 2. The number of imide groups is 1. The van der Waals surface area contributed by atoms with E-state index in [1.165, 1.54) is 28.3 Å². The molecular formula is C20H32N6O2S. The first-order valence-corrected chi connectivity index (χ1v) is 11.2. The Bertz CT molecular complexity index is 768. The third-order valence-electron chi connectivity index (χ3n) is 5.73. The second kappa shape index (κ2) is 9.11. The first-order chi connectivity index (χ1) is 13.9. The van der Waals surface area contributed by atoms with Crippen LogP contribution >= 0.6 is 11.3 Å². The van der Waals surface area contributed by atoms with Crippen molar-refractivity contribution in [3.63, 3.8) is 0 Å². The number of carbonyl (C=O) groups is 2. The van der Waals surface area contributed by atoms with Gasteiger partial charge in [0.25, 0.3) is 5.91 Å². The summed E-state index contributed by atoms with van der Waals surface area (Å²) in [5.74, 6) is 0.646. The molecule has 8 nitrogen and oxygen atoms in total. The number of thiazole rings is 1. The van der Waals surface area contributed by atoms with Gasteiger partial charge in [-0.2, -0.15) is 0 Å². The number of carbonyl (C=O) groups excluding carboxylic acids is 2. The SMILES string of the molecule is CCC1(C)NC(=O)N(CCCNC(=NC)N(C)Cc2nc3c(s2)CCCC3)C1=O. The Morgan fingerprint density at radius 3 is 2.79 bits per heavy atom. The average Bonchev–Trinajstić information content (AvgIpc) is 3.20. The van der Waals surface area contributed by atoms with Crippen LogP contribution in [-0.2, 0) is 24.2 Å². The van der Waals surface area contributed by atoms with Crippen molar-refractivity contribution in [2.24, 2.45) is 4.99 Å². The number of rotatable bonds is 7. The van der Waals surface area contributed by atoms with Gasteiger partial charge < -0.3 is 15.5 Å². The van der Waals surface area contributed by atoms with E-state index in [0.29, 0.717) is 25.9 Å². The van der Waals surface area contributed by atoms with E-state index in [4.69, 9.17) is 4.98 Å². The molecule has 1 aliphatic heterocycles. The second-order valence-electron chi connectivity index (χ2n) is 7.94. The van der Waals surface area contributed by atoms with Gasteiger partial charge in [-0.15, -0.1) is 11.3 Å². The van der Waals surface area contributed by atoms with Crippen LogP contribution in [0, 0.1) is 0 Å². The number of urea groups is 1. The first kappa shape index (κ1) is 21.5. The molecular weight excluding hydrogens is 388 g/mol. The van der Waals surface area contributed by atoms with Crippen LogP contribution in [0.1, 0.15) is 55.1 Å². The zero-order valence-corrected chi connectivity index (χ0v) is 18.7. The number of guanidine groups is 1. The van der Waals surface area contributed by atoms with Crippen molar-refractivity contribution in [3.8, 4) is 0 Å². The monoisotopic (exact) mass is 420 g/mol. The van der Waals surface area contributed by atoms with Gasteiger partial charge in [0, 0.05) is 32.1 Å². The molecule has 0 bridgehead atoms. The van der Waals surface area contributed by atoms with Crippen molar-refractivity contribution in [1.29, 1.82) is 0 Å². The molecule has 1 aromatic heterocycles. The summed E-state index contributed by atoms with van der Waals surface area (Å²) in [6.07, 6.45) is 6.01. The van der Waals surface area contributed by atoms with Crippen LogP contribution in [0.4, 0.5) is 4.79 Å². The largest absolute Gasteiger partial charge is 0.356 e. The highest BCUT2D eigenvalue weighted by molar-refractivity contribution is 7.11. The van der Waals surface area contributed by atoms with E-state index >= 15 is 0 Å². The predicted molar refractivity (Wildman–Crippen MR) is 115 cm³/mol. The summed E-state index contributed by atoms with van der Waals surface area (Å²) in [7, 11) is 3.76. The normalized spacial score (nSPS) is 21.9. The van der Waals surface area contributed by atoms with Gasteiger partial charge in [-0.1, -0.05) is 6.92 Å². The van der Waals surface area contributed by atoms with E-state index in [0.717, 1.165) is 30.4 Å². The lowest BCUT2D eigenvalue weighted by Gasteiger charge is -2.22. The highest BCUT2D eigenvalue weighted by Gasteiger charge is 2.45. The number of hydrogen-bond acceptors (Lipinski definition) is 5. The highest BCUT2D eigenvalue weighted by Crippen LogP contribution is 2.27. The van der Waals surface area contributed by atoms with Crippen molar-refractivity contribution >= 4 is 29.2 Å². The van der Waals surface area contributed by atoms with E-state index in [1.807, 2.05) is 25.3 Å². The lowest BCUT2D eigenvalue weighted by Crippen LogP contribution is -2.43. The Balaban J connectivity index is 1.46. The fourth-order valence-corrected chi connectivity index (χ4v) is 4.97. The summed E-state index contributed by atoms with van der Waals surface area (Å²) in [4.78, 5) is 38.5. The molecule has 0 spiro atoms. The molecule has 1 fully saturated rings. The highest BCUT2D eigenvalue weighted by atomic mass is 32.1. The predicted octanol–water partition coefficient (Wildman–Crippen LogP) is 2.14. The number of aromatic nitrogens is 1. The van der Waals surface area contributed by atoms with Crippen molar-refractivity contribution in [2.75, 3.05) is 27.2 Å². The molecule has 0 radical (unpaired) electrons. The molecule has 2 N–H and O–H groups in total. The molecule has 2 aliphatic rings. The summed E-state index contributed by atoms with van der Waals surface area (Å²) in [6.45, 7) is 5.43. The van der Waals surface area contributed by atoms with Crippen molar-refractivity contribution in [3.05, 3.63) is 15.6 Å². The fourth-order valence-electron chi connectivity index (χ4n) is 3.76. The average molecular weight is 421 g/mol. The first-order valence-electron chi connectivity index (χ1n) is 10.4. The maximum Gasteiger partial charge on any atom is 0.325 e. The molecule has 3 rings (SSSR count). The Hall–Kier alpha value is -2.16. The molecule has 0 aromatic carbocycles. The molecule has 1 unspecified atom stereocenters.